The largest absolute Gasteiger partial charge is 0.496 e. The molecular formula is C48H55F6N9O6+2. The zero-order valence-electron chi connectivity index (χ0n) is 38.8. The van der Waals surface area contributed by atoms with E-state index in [1.165, 1.54) is 40.8 Å². The number of aromatic nitrogens is 2. The number of hydrogen-bond donors (Lipinski definition) is 4. The number of aliphatic imine (C=N–C) groups is 3. The number of allylic oxidation sites excluding steroid dienone is 2. The Kier molecular flexibility index (Phi) is 18.5. The molecule has 0 aliphatic carbocycles. The molecule has 0 saturated carbocycles. The first-order chi connectivity index (χ1) is 32.3. The number of hydrogen-bond acceptors (Lipinski definition) is 13. The molecule has 0 radical (unpaired) electrons. The van der Waals surface area contributed by atoms with Crippen LogP contribution in [-0.2, 0) is 0 Å². The van der Waals surface area contributed by atoms with Gasteiger partial charge in [-0.25, -0.2) is 9.13 Å². The van der Waals surface area contributed by atoms with Crippen molar-refractivity contribution in [1.29, 1.82) is 5.41 Å². The molecule has 4 aromatic rings. The third-order valence-corrected chi connectivity index (χ3v) is 10.7. The summed E-state index contributed by atoms with van der Waals surface area (Å²) in [6.07, 6.45) is 0.0735. The number of carbonyl (C=O) groups is 2. The van der Waals surface area contributed by atoms with Crippen LogP contribution in [0.25, 0.3) is 11.1 Å². The number of rotatable bonds is 18. The molecule has 2 aliphatic heterocycles. The van der Waals surface area contributed by atoms with Crippen LogP contribution in [0.1, 0.15) is 94.6 Å². The molecule has 0 fully saturated rings. The van der Waals surface area contributed by atoms with E-state index in [1.54, 1.807) is 61.2 Å². The summed E-state index contributed by atoms with van der Waals surface area (Å²) >= 11 is 0. The molecule has 2 atom stereocenters. The molecule has 6 rings (SSSR count). The topological polar surface area (TPSA) is 227 Å². The average Bonchev–Trinajstić information content (AvgIpc) is 3.94. The average molecular weight is 968 g/mol. The maximum Gasteiger partial charge on any atom is 0.389 e. The lowest BCUT2D eigenvalue weighted by atomic mass is 9.98. The Bertz CT molecular complexity index is 2630. The van der Waals surface area contributed by atoms with Crippen LogP contribution in [0.15, 0.2) is 88.3 Å². The quantitative estimate of drug-likeness (QED) is 0.0323. The first-order valence-electron chi connectivity index (χ1n) is 21.0. The van der Waals surface area contributed by atoms with Crippen molar-refractivity contribution in [3.8, 4) is 23.0 Å². The minimum absolute atomic E-state index is 0. The van der Waals surface area contributed by atoms with Crippen molar-refractivity contribution in [2.75, 3.05) is 35.0 Å². The summed E-state index contributed by atoms with van der Waals surface area (Å²) in [5.41, 5.74) is 15.6. The second kappa shape index (κ2) is 23.5. The maximum atomic E-state index is 12.7. The van der Waals surface area contributed by atoms with Gasteiger partial charge < -0.3 is 42.0 Å². The number of pyridine rings is 2. The number of nitrogens with zero attached hydrogens (tertiary/aromatic N) is 5. The molecule has 2 aromatic heterocycles. The van der Waals surface area contributed by atoms with E-state index in [-0.39, 0.29) is 52.4 Å². The molecular weight excluding hydrogens is 913 g/mol. The number of Topliss-reactive ketones (excluding diaryl/α,β-unsaturated/α-hetero) is 2. The summed E-state index contributed by atoms with van der Waals surface area (Å²) in [4.78, 5) is 38.5. The van der Waals surface area contributed by atoms with Gasteiger partial charge in [0.1, 0.15) is 34.1 Å². The van der Waals surface area contributed by atoms with Crippen molar-refractivity contribution in [2.24, 2.45) is 32.4 Å². The zero-order valence-corrected chi connectivity index (χ0v) is 38.8. The Hall–Kier alpha value is -7.42. The number of carbonyl (C=O) groups excluding carboxylic acids is 2. The van der Waals surface area contributed by atoms with Crippen molar-refractivity contribution in [3.63, 3.8) is 0 Å². The molecule has 0 saturated heterocycles. The molecule has 69 heavy (non-hydrogen) atoms. The molecule has 368 valence electrons. The third kappa shape index (κ3) is 13.4. The van der Waals surface area contributed by atoms with E-state index in [2.05, 4.69) is 28.8 Å². The van der Waals surface area contributed by atoms with Crippen LogP contribution >= 0.6 is 0 Å². The SMILES string of the molecule is COc1cc(C2C=Nc3cc(/C(C=N)=C/N)cc[n+]32)cc(OC)c1C(=O)CCC(F)(F)F.COc1cc(C2C=Nc3cc(C(C=NCC(C)C)=CN)cc[n+]32)cc(OC)c1C(=O)CCC(F)(F)F.N. The Labute approximate surface area is 395 Å². The lowest BCUT2D eigenvalue weighted by Crippen LogP contribution is -2.37. The first kappa shape index (κ1) is 54.2. The van der Waals surface area contributed by atoms with Gasteiger partial charge in [-0.3, -0.25) is 14.6 Å². The molecule has 0 amide bonds. The zero-order chi connectivity index (χ0) is 49.9. The van der Waals surface area contributed by atoms with E-state index in [0.717, 1.165) is 22.9 Å². The maximum absolute atomic E-state index is 12.7. The van der Waals surface area contributed by atoms with E-state index in [0.29, 0.717) is 40.8 Å². The lowest BCUT2D eigenvalue weighted by Gasteiger charge is -2.16. The number of nitrogens with two attached hydrogens (primary N) is 2. The summed E-state index contributed by atoms with van der Waals surface area (Å²) < 4.78 is 101. The number of nitrogens with one attached hydrogen (secondary N) is 1. The summed E-state index contributed by atoms with van der Waals surface area (Å²) in [5, 5.41) is 7.44. The predicted octanol–water partition coefficient (Wildman–Crippen LogP) is 8.78. The van der Waals surface area contributed by atoms with Crippen molar-refractivity contribution in [1.82, 2.24) is 6.15 Å². The second-order valence-corrected chi connectivity index (χ2v) is 15.8. The highest BCUT2D eigenvalue weighted by atomic mass is 19.4. The van der Waals surface area contributed by atoms with Gasteiger partial charge in [-0.1, -0.05) is 13.8 Å². The van der Waals surface area contributed by atoms with Gasteiger partial charge in [-0.2, -0.15) is 26.3 Å². The van der Waals surface area contributed by atoms with Crippen molar-refractivity contribution in [2.45, 2.75) is 64.0 Å². The fourth-order valence-corrected chi connectivity index (χ4v) is 7.29. The molecule has 0 spiro atoms. The molecule has 21 heteroatoms. The Morgan fingerprint density at radius 1 is 0.696 bits per heavy atom. The summed E-state index contributed by atoms with van der Waals surface area (Å²) in [7, 11) is 5.40. The van der Waals surface area contributed by atoms with E-state index in [1.807, 2.05) is 27.5 Å². The number of alkyl halides is 6. The molecule has 15 nitrogen and oxygen atoms in total. The number of methoxy groups -OCH3 is 4. The standard InChI is InChI=1S/C26H29F3N4O3.C22H21F3N4O3.H3N/c1-16(2)13-31-14-19(12-30)17-6-8-33-20(15-32-24(33)11-17)18-9-22(35-3)25(23(10-18)36-4)21(34)5-7-26(27,28)29;1-31-18-7-14(8-19(32-2)21(18)17(30)3-5-22(23,24)25)16-12-28-20-9-13(4-6-29(16)20)15(10-26)11-27;/h6,8-12,14-16,20,30H,5,7,13H2,1-4H3;4,6-12,16,26-27H,3,5H2,1-2H3;1H3/p+2. The van der Waals surface area contributed by atoms with Gasteiger partial charge >= 0.3 is 24.0 Å². The highest BCUT2D eigenvalue weighted by Gasteiger charge is 2.35. The number of ether oxygens (including phenoxy) is 4. The number of benzene rings is 2. The van der Waals surface area contributed by atoms with Gasteiger partial charge in [0.2, 0.25) is 0 Å². The van der Waals surface area contributed by atoms with Crippen LogP contribution in [0.4, 0.5) is 38.0 Å². The Morgan fingerprint density at radius 3 is 1.39 bits per heavy atom. The van der Waals surface area contributed by atoms with E-state index in [4.69, 9.17) is 35.8 Å². The van der Waals surface area contributed by atoms with Crippen LogP contribution in [-0.4, -0.2) is 83.8 Å². The number of halogens is 6. The van der Waals surface area contributed by atoms with Crippen LogP contribution in [0.5, 0.6) is 23.0 Å². The Balaban J connectivity index is 0.000000298. The van der Waals surface area contributed by atoms with Crippen LogP contribution in [0.2, 0.25) is 0 Å². The lowest BCUT2D eigenvalue weighted by molar-refractivity contribution is -0.679. The Morgan fingerprint density at radius 2 is 1.07 bits per heavy atom. The van der Waals surface area contributed by atoms with Gasteiger partial charge in [0.05, 0.1) is 53.7 Å². The molecule has 2 aliphatic rings. The van der Waals surface area contributed by atoms with Gasteiger partial charge in [0, 0.05) is 78.6 Å². The fourth-order valence-electron chi connectivity index (χ4n) is 7.29. The molecule has 2 aromatic carbocycles. The highest BCUT2D eigenvalue weighted by molar-refractivity contribution is 6.10. The van der Waals surface area contributed by atoms with Crippen LogP contribution in [0.3, 0.4) is 0 Å². The first-order valence-corrected chi connectivity index (χ1v) is 21.0. The summed E-state index contributed by atoms with van der Waals surface area (Å²) in [6.45, 7) is 4.85. The van der Waals surface area contributed by atoms with Crippen molar-refractivity contribution in [3.05, 3.63) is 107 Å². The minimum atomic E-state index is -4.44. The third-order valence-electron chi connectivity index (χ3n) is 10.7. The smallest absolute Gasteiger partial charge is 0.389 e. The van der Waals surface area contributed by atoms with E-state index in [9.17, 15) is 35.9 Å². The van der Waals surface area contributed by atoms with E-state index < -0.39 is 49.6 Å². The number of fused-ring (bicyclic) bond motifs is 2. The van der Waals surface area contributed by atoms with Crippen LogP contribution in [0, 0.1) is 11.3 Å². The van der Waals surface area contributed by atoms with Gasteiger partial charge in [0.15, 0.2) is 36.1 Å². The number of ketones is 2. The van der Waals surface area contributed by atoms with Crippen LogP contribution < -0.4 is 45.7 Å². The molecule has 2 unspecified atom stereocenters. The highest BCUT2D eigenvalue weighted by Crippen LogP contribution is 2.38. The second-order valence-electron chi connectivity index (χ2n) is 15.8. The predicted molar refractivity (Wildman–Crippen MR) is 251 cm³/mol. The fraction of sp³-hybridized carbons (Fsp3) is 0.333. The monoisotopic (exact) mass is 967 g/mol. The molecule has 0 bridgehead atoms. The molecule has 8 N–H and O–H groups in total. The van der Waals surface area contributed by atoms with Gasteiger partial charge in [0.25, 0.3) is 0 Å². The van der Waals surface area contributed by atoms with Gasteiger partial charge in [-0.05, 0) is 63.4 Å². The normalized spacial score (nSPS) is 15.3. The van der Waals surface area contributed by atoms with Crippen molar-refractivity contribution >= 4 is 59.2 Å². The summed E-state index contributed by atoms with van der Waals surface area (Å²) in [6, 6.07) is 13.1. The summed E-state index contributed by atoms with van der Waals surface area (Å²) in [5.74, 6) is 0.857. The van der Waals surface area contributed by atoms with E-state index >= 15 is 0 Å². The minimum Gasteiger partial charge on any atom is -0.496 e. The van der Waals surface area contributed by atoms with Crippen molar-refractivity contribution < 1.29 is 64.0 Å². The van der Waals surface area contributed by atoms with Gasteiger partial charge in [-0.15, -0.1) is 0 Å². The molecule has 4 heterocycles.